The number of aromatic nitrogens is 5. The quantitative estimate of drug-likeness (QED) is 0.606. The zero-order valence-corrected chi connectivity index (χ0v) is 11.1. The van der Waals surface area contributed by atoms with E-state index in [2.05, 4.69) is 9.97 Å². The van der Waals surface area contributed by atoms with E-state index in [1.807, 2.05) is 45.4 Å². The SMILES string of the molecule is Cn1cc(-n2ccn3ccnc23)c2ccc(C(=O)O)nc21. The van der Waals surface area contributed by atoms with Gasteiger partial charge < -0.3 is 9.67 Å². The zero-order valence-electron chi connectivity index (χ0n) is 11.1. The van der Waals surface area contributed by atoms with Gasteiger partial charge in [0, 0.05) is 43.4 Å². The van der Waals surface area contributed by atoms with E-state index >= 15 is 0 Å². The van der Waals surface area contributed by atoms with Gasteiger partial charge in [-0.05, 0) is 12.1 Å². The van der Waals surface area contributed by atoms with Crippen molar-refractivity contribution in [1.29, 1.82) is 0 Å². The van der Waals surface area contributed by atoms with Crippen molar-refractivity contribution in [3.05, 3.63) is 48.8 Å². The predicted molar refractivity (Wildman–Crippen MR) is 75.8 cm³/mol. The Balaban J connectivity index is 2.02. The first-order chi connectivity index (χ1) is 10.1. The second kappa shape index (κ2) is 3.95. The van der Waals surface area contributed by atoms with Crippen molar-refractivity contribution < 1.29 is 9.90 Å². The van der Waals surface area contributed by atoms with Gasteiger partial charge in [0.25, 0.3) is 0 Å². The highest BCUT2D eigenvalue weighted by molar-refractivity contribution is 5.92. The number of rotatable bonds is 2. The molecular formula is C14H11N5O2. The van der Waals surface area contributed by atoms with Crippen molar-refractivity contribution in [1.82, 2.24) is 23.5 Å². The number of fused-ring (bicyclic) bond motifs is 2. The van der Waals surface area contributed by atoms with Crippen LogP contribution in [0.2, 0.25) is 0 Å². The molecule has 0 radical (unpaired) electrons. The van der Waals surface area contributed by atoms with Gasteiger partial charge in [0.1, 0.15) is 5.65 Å². The smallest absolute Gasteiger partial charge is 0.354 e. The van der Waals surface area contributed by atoms with Crippen LogP contribution in [0.4, 0.5) is 0 Å². The van der Waals surface area contributed by atoms with Crippen molar-refractivity contribution in [2.75, 3.05) is 0 Å². The summed E-state index contributed by atoms with van der Waals surface area (Å²) in [7, 11) is 1.84. The summed E-state index contributed by atoms with van der Waals surface area (Å²) in [5.41, 5.74) is 1.58. The molecule has 4 heterocycles. The summed E-state index contributed by atoms with van der Waals surface area (Å²) in [5.74, 6) is -0.235. The number of carbonyl (C=O) groups is 1. The van der Waals surface area contributed by atoms with E-state index in [0.29, 0.717) is 5.65 Å². The van der Waals surface area contributed by atoms with Crippen LogP contribution < -0.4 is 0 Å². The maximum atomic E-state index is 11.0. The van der Waals surface area contributed by atoms with Crippen molar-refractivity contribution >= 4 is 22.8 Å². The van der Waals surface area contributed by atoms with E-state index in [0.717, 1.165) is 16.9 Å². The van der Waals surface area contributed by atoms with Crippen molar-refractivity contribution in [3.63, 3.8) is 0 Å². The summed E-state index contributed by atoms with van der Waals surface area (Å²) in [6, 6.07) is 3.29. The number of hydrogen-bond donors (Lipinski definition) is 1. The molecule has 0 aliphatic rings. The van der Waals surface area contributed by atoms with Crippen molar-refractivity contribution in [2.24, 2.45) is 7.05 Å². The molecular weight excluding hydrogens is 270 g/mol. The Kier molecular flexibility index (Phi) is 2.20. The van der Waals surface area contributed by atoms with Gasteiger partial charge in [0.2, 0.25) is 5.78 Å². The molecule has 0 spiro atoms. The number of carboxylic acids is 1. The second-order valence-corrected chi connectivity index (χ2v) is 4.80. The molecule has 0 aromatic carbocycles. The minimum atomic E-state index is -1.03. The van der Waals surface area contributed by atoms with E-state index in [4.69, 9.17) is 5.11 Å². The third kappa shape index (κ3) is 1.57. The van der Waals surface area contributed by atoms with Crippen molar-refractivity contribution in [3.8, 4) is 5.69 Å². The van der Waals surface area contributed by atoms with Crippen molar-refractivity contribution in [2.45, 2.75) is 0 Å². The molecule has 0 unspecified atom stereocenters. The molecule has 7 nitrogen and oxygen atoms in total. The summed E-state index contributed by atoms with van der Waals surface area (Å²) in [6.07, 6.45) is 9.36. The first kappa shape index (κ1) is 11.7. The molecule has 0 fully saturated rings. The number of carboxylic acid groups (broad SMARTS) is 1. The summed E-state index contributed by atoms with van der Waals surface area (Å²) in [4.78, 5) is 19.6. The van der Waals surface area contributed by atoms with E-state index in [1.165, 1.54) is 6.07 Å². The van der Waals surface area contributed by atoms with Crippen LogP contribution in [0.25, 0.3) is 22.5 Å². The van der Waals surface area contributed by atoms with Gasteiger partial charge in [-0.2, -0.15) is 0 Å². The molecule has 0 amide bonds. The lowest BCUT2D eigenvalue weighted by Gasteiger charge is -2.00. The van der Waals surface area contributed by atoms with E-state index in [-0.39, 0.29) is 5.69 Å². The molecule has 1 N–H and O–H groups in total. The molecule has 0 atom stereocenters. The molecule has 0 aliphatic heterocycles. The lowest BCUT2D eigenvalue weighted by atomic mass is 10.2. The second-order valence-electron chi connectivity index (χ2n) is 4.80. The largest absolute Gasteiger partial charge is 0.477 e. The number of hydrogen-bond acceptors (Lipinski definition) is 3. The van der Waals surface area contributed by atoms with Crippen LogP contribution >= 0.6 is 0 Å². The fourth-order valence-electron chi connectivity index (χ4n) is 2.54. The van der Waals surface area contributed by atoms with Crippen LogP contribution in [-0.2, 0) is 7.05 Å². The van der Waals surface area contributed by atoms with Gasteiger partial charge in [-0.25, -0.2) is 14.8 Å². The third-order valence-corrected chi connectivity index (χ3v) is 3.52. The highest BCUT2D eigenvalue weighted by atomic mass is 16.4. The number of aromatic carboxylic acids is 1. The number of nitrogens with zero attached hydrogens (tertiary/aromatic N) is 5. The van der Waals surface area contributed by atoms with Gasteiger partial charge in [0.05, 0.1) is 5.69 Å². The maximum Gasteiger partial charge on any atom is 0.354 e. The molecule has 21 heavy (non-hydrogen) atoms. The predicted octanol–water partition coefficient (Wildman–Crippen LogP) is 1.71. The first-order valence-electron chi connectivity index (χ1n) is 6.35. The molecule has 0 saturated carbocycles. The molecule has 0 bridgehead atoms. The summed E-state index contributed by atoms with van der Waals surface area (Å²) in [6.45, 7) is 0. The molecule has 0 aliphatic carbocycles. The average Bonchev–Trinajstić information content (AvgIpc) is 3.13. The Morgan fingerprint density at radius 1 is 1.24 bits per heavy atom. The molecule has 4 rings (SSSR count). The summed E-state index contributed by atoms with van der Waals surface area (Å²) < 4.78 is 5.68. The Morgan fingerprint density at radius 2 is 2.10 bits per heavy atom. The Morgan fingerprint density at radius 3 is 2.90 bits per heavy atom. The standard InChI is InChI=1S/C14H11N5O2/c1-17-8-11(19-7-6-18-5-4-15-14(18)19)9-2-3-10(13(20)21)16-12(9)17/h2-8H,1H3,(H,20,21). The fraction of sp³-hybridized carbons (Fsp3) is 0.0714. The molecule has 0 saturated heterocycles. The highest BCUT2D eigenvalue weighted by Crippen LogP contribution is 2.24. The van der Waals surface area contributed by atoms with E-state index in [9.17, 15) is 4.79 Å². The normalized spacial score (nSPS) is 11.5. The third-order valence-electron chi connectivity index (χ3n) is 3.52. The van der Waals surface area contributed by atoms with E-state index in [1.54, 1.807) is 12.3 Å². The number of pyridine rings is 1. The monoisotopic (exact) mass is 281 g/mol. The summed E-state index contributed by atoms with van der Waals surface area (Å²) >= 11 is 0. The minimum Gasteiger partial charge on any atom is -0.477 e. The highest BCUT2D eigenvalue weighted by Gasteiger charge is 2.14. The topological polar surface area (TPSA) is 77.4 Å². The number of imidazole rings is 2. The van der Waals surface area contributed by atoms with Crippen LogP contribution in [0, 0.1) is 0 Å². The number of aryl methyl sites for hydroxylation is 1. The average molecular weight is 281 g/mol. The van der Waals surface area contributed by atoms with Gasteiger partial charge in [-0.3, -0.25) is 8.97 Å². The molecule has 104 valence electrons. The Hall–Kier alpha value is -3.09. The Labute approximate surface area is 118 Å². The van der Waals surface area contributed by atoms with Crippen LogP contribution in [0.3, 0.4) is 0 Å². The van der Waals surface area contributed by atoms with Gasteiger partial charge in [-0.15, -0.1) is 0 Å². The lowest BCUT2D eigenvalue weighted by Crippen LogP contribution is -2.01. The van der Waals surface area contributed by atoms with Crippen LogP contribution in [0.1, 0.15) is 10.5 Å². The fourth-order valence-corrected chi connectivity index (χ4v) is 2.54. The minimum absolute atomic E-state index is 0.0358. The van der Waals surface area contributed by atoms with Gasteiger partial charge in [0.15, 0.2) is 5.69 Å². The van der Waals surface area contributed by atoms with Gasteiger partial charge in [-0.1, -0.05) is 0 Å². The maximum absolute atomic E-state index is 11.0. The van der Waals surface area contributed by atoms with Crippen LogP contribution in [-0.4, -0.2) is 34.6 Å². The lowest BCUT2D eigenvalue weighted by molar-refractivity contribution is 0.0691. The molecule has 4 aromatic heterocycles. The van der Waals surface area contributed by atoms with Crippen LogP contribution in [0.5, 0.6) is 0 Å². The molecule has 4 aromatic rings. The Bertz CT molecular complexity index is 991. The van der Waals surface area contributed by atoms with Crippen LogP contribution in [0.15, 0.2) is 43.1 Å². The summed E-state index contributed by atoms with van der Waals surface area (Å²) in [5, 5.41) is 9.93. The first-order valence-corrected chi connectivity index (χ1v) is 6.35. The van der Waals surface area contributed by atoms with Gasteiger partial charge >= 0.3 is 5.97 Å². The van der Waals surface area contributed by atoms with E-state index < -0.39 is 5.97 Å². The molecule has 7 heteroatoms. The zero-order chi connectivity index (χ0) is 14.6.